The molecule has 0 rings (SSSR count). The average molecular weight is 402 g/mol. The topological polar surface area (TPSA) is 89.5 Å². The smallest absolute Gasteiger partial charge is 0.748 e. The first-order chi connectivity index (χ1) is 12.0. The first-order valence-corrected chi connectivity index (χ1v) is 11.9. The van der Waals surface area contributed by atoms with E-state index in [0.717, 1.165) is 19.3 Å². The van der Waals surface area contributed by atoms with Gasteiger partial charge in [-0.3, -0.25) is 0 Å². The largest absolute Gasteiger partial charge is 1.00 e. The van der Waals surface area contributed by atoms with E-state index in [2.05, 4.69) is 12.2 Å². The van der Waals surface area contributed by atoms with Crippen molar-refractivity contribution in [1.82, 2.24) is 5.32 Å². The van der Waals surface area contributed by atoms with Crippen LogP contribution in [0, 0.1) is 0 Å². The molecule has 0 aliphatic carbocycles. The summed E-state index contributed by atoms with van der Waals surface area (Å²) < 4.78 is 31.3. The summed E-state index contributed by atoms with van der Waals surface area (Å²) in [6.07, 6.45) is 17.3. The Morgan fingerprint density at radius 1 is 0.846 bits per heavy atom. The van der Waals surface area contributed by atoms with Crippen molar-refractivity contribution in [2.75, 3.05) is 18.8 Å². The first kappa shape index (κ1) is 29.0. The van der Waals surface area contributed by atoms with Gasteiger partial charge in [-0.1, -0.05) is 90.4 Å². The summed E-state index contributed by atoms with van der Waals surface area (Å²) in [7, 11) is -4.16. The Kier molecular flexibility index (Phi) is 23.0. The van der Waals surface area contributed by atoms with Gasteiger partial charge in [-0.2, -0.15) is 0 Å². The Bertz CT molecular complexity index is 380. The van der Waals surface area contributed by atoms with Gasteiger partial charge in [0.1, 0.15) is 0 Å². The molecule has 0 aromatic carbocycles. The molecule has 0 aliphatic heterocycles. The first-order valence-electron chi connectivity index (χ1n) is 10.3. The van der Waals surface area contributed by atoms with Crippen LogP contribution in [0.2, 0.25) is 0 Å². The number of aliphatic hydroxyl groups is 1. The minimum absolute atomic E-state index is 0. The standard InChI is InChI=1S/C19H41NO4S.Na/c1-2-3-4-5-6-7-8-9-10-11-12-13-14-15-19(21)18-20-16-17-25(22,23)24;/h19-21H,2-18H2,1H3,(H,22,23,24);/q;+1/p-1. The van der Waals surface area contributed by atoms with Gasteiger partial charge in [0.05, 0.1) is 22.0 Å². The number of aliphatic hydroxyl groups excluding tert-OH is 1. The predicted molar refractivity (Wildman–Crippen MR) is 104 cm³/mol. The normalized spacial score (nSPS) is 12.7. The van der Waals surface area contributed by atoms with Crippen molar-refractivity contribution in [1.29, 1.82) is 0 Å². The Morgan fingerprint density at radius 3 is 1.69 bits per heavy atom. The molecule has 0 aromatic heterocycles. The molecule has 1 atom stereocenters. The van der Waals surface area contributed by atoms with Gasteiger partial charge in [0.2, 0.25) is 0 Å². The summed E-state index contributed by atoms with van der Waals surface area (Å²) in [5.41, 5.74) is 0. The van der Waals surface area contributed by atoms with Crippen molar-refractivity contribution in [2.45, 2.75) is 103 Å². The summed E-state index contributed by atoms with van der Waals surface area (Å²) >= 11 is 0. The fourth-order valence-electron chi connectivity index (χ4n) is 2.97. The zero-order valence-electron chi connectivity index (χ0n) is 17.2. The zero-order valence-corrected chi connectivity index (χ0v) is 20.0. The van der Waals surface area contributed by atoms with E-state index in [-0.39, 0.29) is 36.1 Å². The minimum atomic E-state index is -4.16. The van der Waals surface area contributed by atoms with E-state index in [1.54, 1.807) is 0 Å². The number of unbranched alkanes of at least 4 members (excludes halogenated alkanes) is 12. The SMILES string of the molecule is CCCCCCCCCCCCCCCC(O)CNCCS(=O)(=O)[O-].[Na+]. The van der Waals surface area contributed by atoms with Gasteiger partial charge < -0.3 is 15.0 Å². The average Bonchev–Trinajstić information content (AvgIpc) is 2.55. The number of hydrogen-bond acceptors (Lipinski definition) is 5. The molecule has 0 amide bonds. The van der Waals surface area contributed by atoms with E-state index >= 15 is 0 Å². The molecule has 0 saturated carbocycles. The monoisotopic (exact) mass is 401 g/mol. The second-order valence-corrected chi connectivity index (χ2v) is 8.67. The quantitative estimate of drug-likeness (QED) is 0.191. The van der Waals surface area contributed by atoms with Gasteiger partial charge in [-0.25, -0.2) is 8.42 Å². The maximum atomic E-state index is 10.4. The van der Waals surface area contributed by atoms with Gasteiger partial charge in [0, 0.05) is 13.1 Å². The van der Waals surface area contributed by atoms with Crippen molar-refractivity contribution in [3.8, 4) is 0 Å². The van der Waals surface area contributed by atoms with E-state index in [1.165, 1.54) is 70.6 Å². The summed E-state index contributed by atoms with van der Waals surface area (Å²) in [4.78, 5) is 0. The van der Waals surface area contributed by atoms with E-state index in [0.29, 0.717) is 6.54 Å². The third-order valence-electron chi connectivity index (χ3n) is 4.55. The van der Waals surface area contributed by atoms with Gasteiger partial charge in [-0.15, -0.1) is 0 Å². The molecule has 0 radical (unpaired) electrons. The van der Waals surface area contributed by atoms with Crippen LogP contribution in [0.3, 0.4) is 0 Å². The molecule has 0 saturated heterocycles. The van der Waals surface area contributed by atoms with Crippen LogP contribution in [0.4, 0.5) is 0 Å². The maximum absolute atomic E-state index is 10.4. The molecule has 0 aromatic rings. The molecule has 5 nitrogen and oxygen atoms in total. The van der Waals surface area contributed by atoms with E-state index < -0.39 is 22.0 Å². The third kappa shape index (κ3) is 24.8. The molecule has 0 fully saturated rings. The van der Waals surface area contributed by atoms with Crippen LogP contribution in [-0.2, 0) is 10.1 Å². The van der Waals surface area contributed by atoms with Crippen molar-refractivity contribution < 1.29 is 47.6 Å². The van der Waals surface area contributed by atoms with Crippen LogP contribution in [0.15, 0.2) is 0 Å². The summed E-state index contributed by atoms with van der Waals surface area (Å²) in [5.74, 6) is -0.418. The second-order valence-electron chi connectivity index (χ2n) is 7.15. The second kappa shape index (κ2) is 20.6. The van der Waals surface area contributed by atoms with Gasteiger partial charge in [0.25, 0.3) is 0 Å². The van der Waals surface area contributed by atoms with E-state index in [9.17, 15) is 18.1 Å². The molecule has 1 unspecified atom stereocenters. The van der Waals surface area contributed by atoms with Crippen LogP contribution in [0.1, 0.15) is 96.8 Å². The number of nitrogens with one attached hydrogen (secondary N) is 1. The maximum Gasteiger partial charge on any atom is 1.00 e. The van der Waals surface area contributed by atoms with Crippen LogP contribution in [-0.4, -0.2) is 43.0 Å². The molecule has 0 aliphatic rings. The van der Waals surface area contributed by atoms with Gasteiger partial charge >= 0.3 is 29.6 Å². The molecule has 7 heteroatoms. The van der Waals surface area contributed by atoms with Crippen LogP contribution < -0.4 is 34.9 Å². The Hall–Kier alpha value is 0.830. The van der Waals surface area contributed by atoms with Gasteiger partial charge in [0.15, 0.2) is 0 Å². The number of rotatable bonds is 19. The zero-order chi connectivity index (χ0) is 18.8. The van der Waals surface area contributed by atoms with Crippen LogP contribution in [0.25, 0.3) is 0 Å². The molecule has 0 heterocycles. The van der Waals surface area contributed by atoms with Crippen molar-refractivity contribution in [3.05, 3.63) is 0 Å². The predicted octanol–water partition coefficient (Wildman–Crippen LogP) is 0.967. The summed E-state index contributed by atoms with van der Waals surface area (Å²) in [6, 6.07) is 0. The molecule has 0 spiro atoms. The van der Waals surface area contributed by atoms with Crippen molar-refractivity contribution >= 4 is 10.1 Å². The van der Waals surface area contributed by atoms with Crippen LogP contribution in [0.5, 0.6) is 0 Å². The fraction of sp³-hybridized carbons (Fsp3) is 1.00. The molecule has 2 N–H and O–H groups in total. The summed E-state index contributed by atoms with van der Waals surface area (Å²) in [5, 5.41) is 12.6. The van der Waals surface area contributed by atoms with Crippen molar-refractivity contribution in [3.63, 3.8) is 0 Å². The Labute approximate surface area is 184 Å². The minimum Gasteiger partial charge on any atom is -0.748 e. The molecule has 26 heavy (non-hydrogen) atoms. The molecule has 0 bridgehead atoms. The van der Waals surface area contributed by atoms with Crippen LogP contribution >= 0.6 is 0 Å². The molecular weight excluding hydrogens is 361 g/mol. The fourth-order valence-corrected chi connectivity index (χ4v) is 3.36. The molecule has 152 valence electrons. The van der Waals surface area contributed by atoms with Crippen molar-refractivity contribution in [2.24, 2.45) is 0 Å². The summed E-state index contributed by atoms with van der Waals surface area (Å²) in [6.45, 7) is 2.72. The molecular formula is C19H40NNaO4S. The van der Waals surface area contributed by atoms with E-state index in [1.807, 2.05) is 0 Å². The third-order valence-corrected chi connectivity index (χ3v) is 5.25. The Morgan fingerprint density at radius 2 is 1.27 bits per heavy atom. The van der Waals surface area contributed by atoms with Gasteiger partial charge in [-0.05, 0) is 6.42 Å². The van der Waals surface area contributed by atoms with E-state index in [4.69, 9.17) is 0 Å². The Balaban J connectivity index is 0. The number of hydrogen-bond donors (Lipinski definition) is 2.